The monoisotopic (exact) mass is 836 g/mol. The molecule has 294 valence electrons. The Balaban J connectivity index is 1.33. The van der Waals surface area contributed by atoms with Gasteiger partial charge in [0.25, 0.3) is 21.8 Å². The van der Waals surface area contributed by atoms with Crippen molar-refractivity contribution in [2.45, 2.75) is 16.4 Å². The largest absolute Gasteiger partial charge is 0.504 e. The molecule has 0 aliphatic heterocycles. The van der Waals surface area contributed by atoms with Crippen LogP contribution in [0.3, 0.4) is 0 Å². The van der Waals surface area contributed by atoms with E-state index in [-0.39, 0.29) is 35.5 Å². The first-order valence-corrected chi connectivity index (χ1v) is 19.5. The number of thiophene rings is 1. The minimum absolute atomic E-state index is 0.0462. The van der Waals surface area contributed by atoms with Crippen molar-refractivity contribution in [3.8, 4) is 46.7 Å². The van der Waals surface area contributed by atoms with Crippen LogP contribution in [0.25, 0.3) is 10.1 Å². The molecule has 3 aromatic carbocycles. The maximum atomic E-state index is 16.1. The number of aromatic hydroxyl groups is 2. The number of sulfonamides is 1. The van der Waals surface area contributed by atoms with E-state index in [1.54, 1.807) is 6.07 Å². The Morgan fingerprint density at radius 2 is 1.62 bits per heavy atom. The summed E-state index contributed by atoms with van der Waals surface area (Å²) in [5.41, 5.74) is -0.501. The summed E-state index contributed by atoms with van der Waals surface area (Å²) in [5, 5.41) is 51.5. The van der Waals surface area contributed by atoms with Gasteiger partial charge in [0.2, 0.25) is 19.9 Å². The van der Waals surface area contributed by atoms with Crippen LogP contribution in [0.4, 0.5) is 13.2 Å². The van der Waals surface area contributed by atoms with Gasteiger partial charge in [-0.15, -0.1) is 11.3 Å². The van der Waals surface area contributed by atoms with Gasteiger partial charge in [-0.2, -0.15) is 5.26 Å². The van der Waals surface area contributed by atoms with Crippen molar-refractivity contribution in [3.63, 3.8) is 0 Å². The fourth-order valence-electron chi connectivity index (χ4n) is 4.69. The van der Waals surface area contributed by atoms with Gasteiger partial charge in [0, 0.05) is 17.0 Å². The van der Waals surface area contributed by atoms with Gasteiger partial charge >= 0.3 is 0 Å². The van der Waals surface area contributed by atoms with Crippen LogP contribution in [0, 0.1) is 40.6 Å². The second-order valence-corrected chi connectivity index (χ2v) is 15.5. The summed E-state index contributed by atoms with van der Waals surface area (Å²) < 4.78 is 89.4. The molecule has 5 rings (SSSR count). The number of halogens is 3. The highest BCUT2D eigenvalue weighted by Gasteiger charge is 2.29. The molecule has 8 N–H and O–H groups in total. The molecule has 0 saturated carbocycles. The third-order valence-electron chi connectivity index (χ3n) is 7.44. The SMILES string of the molecule is N#Cc1ccc(OP(O)CNS(=O)(=O)c2cc3c(F)c(OCCNC(=O)C4=CC(O)C(O)C#C4)c(OCCNC(=O)c4ccc(O)c(O)c4)c(F)c3s2)cc1F. The number of rotatable bonds is 16. The molecule has 1 aliphatic carbocycles. The van der Waals surface area contributed by atoms with Gasteiger partial charge in [-0.25, -0.2) is 26.3 Å². The highest BCUT2D eigenvalue weighted by Crippen LogP contribution is 2.44. The van der Waals surface area contributed by atoms with Gasteiger partial charge in [-0.05, 0) is 42.5 Å². The van der Waals surface area contributed by atoms with Crippen LogP contribution in [-0.4, -0.2) is 90.3 Å². The summed E-state index contributed by atoms with van der Waals surface area (Å²) in [4.78, 5) is 35.2. The van der Waals surface area contributed by atoms with Crippen LogP contribution in [0.2, 0.25) is 0 Å². The molecule has 22 heteroatoms. The lowest BCUT2D eigenvalue weighted by molar-refractivity contribution is -0.117. The number of nitrogens with one attached hydrogen (secondary N) is 3. The first-order chi connectivity index (χ1) is 26.6. The summed E-state index contributed by atoms with van der Waals surface area (Å²) in [6.45, 7) is -1.62. The van der Waals surface area contributed by atoms with Crippen molar-refractivity contribution in [2.75, 3.05) is 32.6 Å². The van der Waals surface area contributed by atoms with Crippen LogP contribution in [0.5, 0.6) is 28.7 Å². The topological polar surface area (TPSA) is 257 Å². The summed E-state index contributed by atoms with van der Waals surface area (Å²) in [6, 6.07) is 8.79. The fraction of sp³-hybridized carbons (Fsp3) is 0.206. The number of fused-ring (bicyclic) bond motifs is 1. The number of phenolic OH excluding ortho intramolecular Hbond substituents is 2. The van der Waals surface area contributed by atoms with E-state index in [0.29, 0.717) is 11.3 Å². The first kappa shape index (κ1) is 41.5. The van der Waals surface area contributed by atoms with Crippen molar-refractivity contribution >= 4 is 51.6 Å². The third-order valence-corrected chi connectivity index (χ3v) is 11.5. The maximum absolute atomic E-state index is 16.1. The van der Waals surface area contributed by atoms with Gasteiger partial charge in [0.05, 0.1) is 35.2 Å². The molecule has 1 aliphatic rings. The molecule has 56 heavy (non-hydrogen) atoms. The molecular weight excluding hydrogens is 808 g/mol. The average Bonchev–Trinajstić information content (AvgIpc) is 3.63. The Bertz CT molecular complexity index is 2430. The van der Waals surface area contributed by atoms with Crippen LogP contribution in [0.1, 0.15) is 15.9 Å². The number of ether oxygens (including phenoxy) is 2. The third kappa shape index (κ3) is 9.77. The molecule has 0 radical (unpaired) electrons. The molecule has 3 atom stereocenters. The quantitative estimate of drug-likeness (QED) is 0.0349. The molecule has 0 saturated heterocycles. The number of nitriles is 1. The molecule has 3 unspecified atom stereocenters. The van der Waals surface area contributed by atoms with E-state index < -0.39 is 117 Å². The Hall–Kier alpha value is -5.64. The molecule has 1 aromatic heterocycles. The van der Waals surface area contributed by atoms with Gasteiger partial charge in [-0.1, -0.05) is 11.8 Å². The number of carbonyl (C=O) groups is 2. The summed E-state index contributed by atoms with van der Waals surface area (Å²) in [7, 11) is -7.14. The normalized spacial score (nSPS) is 15.5. The number of phenols is 2. The lowest BCUT2D eigenvalue weighted by Gasteiger charge is -2.16. The number of benzene rings is 3. The Morgan fingerprint density at radius 3 is 2.27 bits per heavy atom. The molecule has 0 fully saturated rings. The second-order valence-electron chi connectivity index (χ2n) is 11.3. The average molecular weight is 837 g/mol. The van der Waals surface area contributed by atoms with E-state index in [0.717, 1.165) is 36.4 Å². The second kappa shape index (κ2) is 17.9. The van der Waals surface area contributed by atoms with Gasteiger partial charge < -0.3 is 50.0 Å². The van der Waals surface area contributed by atoms with Gasteiger partial charge in [0.15, 0.2) is 23.1 Å². The summed E-state index contributed by atoms with van der Waals surface area (Å²) in [6.07, 6.45) is -2.50. The van der Waals surface area contributed by atoms with Crippen molar-refractivity contribution in [3.05, 3.63) is 82.7 Å². The van der Waals surface area contributed by atoms with Crippen LogP contribution >= 0.6 is 19.7 Å². The van der Waals surface area contributed by atoms with Crippen molar-refractivity contribution in [2.24, 2.45) is 0 Å². The van der Waals surface area contributed by atoms with Crippen LogP contribution in [-0.2, 0) is 14.8 Å². The molecule has 16 nitrogen and oxygen atoms in total. The molecule has 2 amide bonds. The zero-order valence-electron chi connectivity index (χ0n) is 28.2. The molecule has 0 bridgehead atoms. The fourth-order valence-corrected chi connectivity index (χ4v) is 8.33. The van der Waals surface area contributed by atoms with E-state index >= 15 is 8.78 Å². The molecule has 0 spiro atoms. The van der Waals surface area contributed by atoms with E-state index in [1.165, 1.54) is 12.1 Å². The lowest BCUT2D eigenvalue weighted by Crippen LogP contribution is -2.32. The van der Waals surface area contributed by atoms with E-state index in [1.807, 2.05) is 4.72 Å². The number of hydrogen-bond acceptors (Lipinski definition) is 14. The number of nitrogens with zero attached hydrogens (tertiary/aromatic N) is 1. The number of amides is 2. The number of aliphatic hydroxyl groups is 2. The predicted octanol–water partition coefficient (Wildman–Crippen LogP) is 2.19. The molecular formula is C34H28F3N4O12PS2. The smallest absolute Gasteiger partial charge is 0.259 e. The first-order valence-electron chi connectivity index (χ1n) is 15.8. The van der Waals surface area contributed by atoms with Crippen molar-refractivity contribution in [1.29, 1.82) is 5.26 Å². The highest BCUT2D eigenvalue weighted by molar-refractivity contribution is 7.92. The zero-order valence-corrected chi connectivity index (χ0v) is 30.8. The van der Waals surface area contributed by atoms with Crippen LogP contribution < -0.4 is 29.4 Å². The minimum Gasteiger partial charge on any atom is -0.504 e. The van der Waals surface area contributed by atoms with E-state index in [2.05, 4.69) is 22.5 Å². The zero-order chi connectivity index (χ0) is 40.7. The number of aliphatic hydroxyl groups excluding tert-OH is 2. The summed E-state index contributed by atoms with van der Waals surface area (Å²) >= 11 is 0.297. The Kier molecular flexibility index (Phi) is 13.3. The number of hydrogen-bond donors (Lipinski definition) is 8. The van der Waals surface area contributed by atoms with Gasteiger partial charge in [0.1, 0.15) is 47.3 Å². The predicted molar refractivity (Wildman–Crippen MR) is 192 cm³/mol. The lowest BCUT2D eigenvalue weighted by atomic mass is 10.0. The Morgan fingerprint density at radius 1 is 0.946 bits per heavy atom. The minimum atomic E-state index is -4.56. The maximum Gasteiger partial charge on any atom is 0.259 e. The Labute approximate surface area is 320 Å². The molecule has 4 aromatic rings. The molecule has 1 heterocycles. The van der Waals surface area contributed by atoms with E-state index in [4.69, 9.17) is 19.3 Å². The van der Waals surface area contributed by atoms with E-state index in [9.17, 15) is 47.7 Å². The highest BCUT2D eigenvalue weighted by atomic mass is 32.2. The standard InChI is InChI=1S/C34H28F3N4O12PS2/c35-22-13-20(4-1-19(22)15-38)53-54(48)16-41-56(49,50)27-14-21-28(36)30(51-9-7-39-33(46)17-2-5-23(42)25(44)11-17)31(29(37)32(21)55-27)52-10-8-40-34(47)18-3-6-24(43)26(45)12-18/h1,3-4,6,11-14,23,25,41-45,48H,7-10,16H2,(H,39,46)(H,40,47). The number of carbonyl (C=O) groups excluding carboxylic acids is 2. The van der Waals surface area contributed by atoms with Crippen LogP contribution in [0.15, 0.2) is 58.3 Å². The summed E-state index contributed by atoms with van der Waals surface area (Å²) in [5.74, 6) is -3.20. The van der Waals surface area contributed by atoms with Gasteiger partial charge in [-0.3, -0.25) is 9.59 Å². The van der Waals surface area contributed by atoms with Crippen molar-refractivity contribution < 1.29 is 70.5 Å². The van der Waals surface area contributed by atoms with Crippen molar-refractivity contribution in [1.82, 2.24) is 15.4 Å².